The number of likely N-dealkylation sites (tertiary alicyclic amines) is 1. The van der Waals surface area contributed by atoms with Crippen molar-refractivity contribution in [1.29, 1.82) is 0 Å². The average molecular weight is 409 g/mol. The van der Waals surface area contributed by atoms with Gasteiger partial charge in [0.2, 0.25) is 0 Å². The second-order valence-corrected chi connectivity index (χ2v) is 8.83. The minimum absolute atomic E-state index is 0.101. The number of nitrogens with two attached hydrogens (primary N) is 1. The largest absolute Gasteiger partial charge is 0.333 e. The summed E-state index contributed by atoms with van der Waals surface area (Å²) in [6.07, 6.45) is -0.878. The molecule has 0 bridgehead atoms. The first-order valence-electron chi connectivity index (χ1n) is 9.82. The fourth-order valence-electron chi connectivity index (χ4n) is 3.78. The van der Waals surface area contributed by atoms with E-state index in [1.807, 2.05) is 24.3 Å². The molecule has 0 saturated carbocycles. The van der Waals surface area contributed by atoms with Crippen LogP contribution in [0.4, 0.5) is 4.39 Å². The molecule has 0 aliphatic carbocycles. The van der Waals surface area contributed by atoms with Gasteiger partial charge in [-0.25, -0.2) is 4.39 Å². The van der Waals surface area contributed by atoms with E-state index in [9.17, 15) is 9.18 Å². The molecule has 0 atom stereocenters. The Balaban J connectivity index is 1.59. The number of carbonyl (C=O) groups excluding carboxylic acids is 1. The number of benzene rings is 2. The Morgan fingerprint density at radius 3 is 2.28 bits per heavy atom. The van der Waals surface area contributed by atoms with Gasteiger partial charge >= 0.3 is 0 Å². The molecule has 1 saturated heterocycles. The number of rotatable bonds is 4. The van der Waals surface area contributed by atoms with Crippen LogP contribution in [0.5, 0.6) is 0 Å². The number of hydrogen-bond donors (Lipinski definition) is 1. The molecular weight excluding hydrogens is 383 g/mol. The van der Waals surface area contributed by atoms with Crippen molar-refractivity contribution in [3.8, 4) is 21.6 Å². The predicted molar refractivity (Wildman–Crippen MR) is 118 cm³/mol. The van der Waals surface area contributed by atoms with Crippen molar-refractivity contribution in [2.24, 2.45) is 5.73 Å². The Morgan fingerprint density at radius 2 is 1.72 bits per heavy atom. The van der Waals surface area contributed by atoms with Gasteiger partial charge in [-0.05, 0) is 66.3 Å². The zero-order valence-corrected chi connectivity index (χ0v) is 17.8. The monoisotopic (exact) mass is 408 g/mol. The van der Waals surface area contributed by atoms with Gasteiger partial charge in [0.25, 0.3) is 5.91 Å². The second kappa shape index (κ2) is 7.73. The smallest absolute Gasteiger partial charge is 0.254 e. The van der Waals surface area contributed by atoms with Gasteiger partial charge in [0.15, 0.2) is 0 Å². The van der Waals surface area contributed by atoms with Gasteiger partial charge in [0.05, 0.1) is 13.1 Å². The summed E-state index contributed by atoms with van der Waals surface area (Å²) in [4.78, 5) is 16.4. The lowest BCUT2D eigenvalue weighted by Gasteiger charge is -2.34. The molecule has 0 radical (unpaired) electrons. The highest BCUT2D eigenvalue weighted by molar-refractivity contribution is 7.15. The van der Waals surface area contributed by atoms with Crippen LogP contribution in [0.1, 0.15) is 31.9 Å². The van der Waals surface area contributed by atoms with E-state index in [0.717, 1.165) is 11.1 Å². The fourth-order valence-corrected chi connectivity index (χ4v) is 5.06. The number of amides is 1. The zero-order chi connectivity index (χ0) is 20.7. The summed E-state index contributed by atoms with van der Waals surface area (Å²) in [5.41, 5.74) is 13.7. The van der Waals surface area contributed by atoms with Gasteiger partial charge in [0, 0.05) is 21.9 Å². The molecule has 1 fully saturated rings. The van der Waals surface area contributed by atoms with Gasteiger partial charge in [-0.2, -0.15) is 0 Å². The molecule has 1 aromatic heterocycles. The van der Waals surface area contributed by atoms with Crippen molar-refractivity contribution in [1.82, 2.24) is 4.90 Å². The maximum atomic E-state index is 13.0. The lowest BCUT2D eigenvalue weighted by molar-refractivity contribution is 0.0400. The summed E-state index contributed by atoms with van der Waals surface area (Å²) >= 11 is 1.78. The first-order valence-corrected chi connectivity index (χ1v) is 10.6. The molecule has 1 amide bonds. The highest BCUT2D eigenvalue weighted by atomic mass is 32.1. The summed E-state index contributed by atoms with van der Waals surface area (Å²) in [5.74, 6) is -0.101. The molecular formula is C24H25FN2OS. The van der Waals surface area contributed by atoms with Gasteiger partial charge < -0.3 is 10.6 Å². The maximum absolute atomic E-state index is 13.0. The Kier molecular flexibility index (Phi) is 5.28. The third-order valence-corrected chi connectivity index (χ3v) is 7.24. The quantitative estimate of drug-likeness (QED) is 0.640. The number of thiophene rings is 1. The summed E-state index contributed by atoms with van der Waals surface area (Å²) in [6.45, 7) is 7.40. The number of nitrogens with zero attached hydrogens (tertiary/aromatic N) is 1. The number of hydrogen-bond acceptors (Lipinski definition) is 3. The molecule has 0 unspecified atom stereocenters. The third-order valence-electron chi connectivity index (χ3n) is 5.79. The normalized spacial score (nSPS) is 14.2. The van der Waals surface area contributed by atoms with Gasteiger partial charge in [-0.15, -0.1) is 11.3 Å². The van der Waals surface area contributed by atoms with Crippen LogP contribution in [0.25, 0.3) is 21.6 Å². The van der Waals surface area contributed by atoms with Crippen molar-refractivity contribution in [3.63, 3.8) is 0 Å². The highest BCUT2D eigenvalue weighted by Gasteiger charge is 2.30. The molecule has 2 N–H and O–H groups in total. The van der Waals surface area contributed by atoms with E-state index in [2.05, 4.69) is 39.0 Å². The van der Waals surface area contributed by atoms with E-state index >= 15 is 0 Å². The number of aryl methyl sites for hydroxylation is 1. The van der Waals surface area contributed by atoms with Gasteiger partial charge in [0.1, 0.15) is 6.17 Å². The minimum atomic E-state index is -0.878. The van der Waals surface area contributed by atoms with Crippen LogP contribution in [0, 0.1) is 20.8 Å². The van der Waals surface area contributed by atoms with E-state index in [4.69, 9.17) is 5.73 Å². The molecule has 29 heavy (non-hydrogen) atoms. The maximum Gasteiger partial charge on any atom is 0.254 e. The number of halogens is 1. The number of alkyl halides is 1. The van der Waals surface area contributed by atoms with Gasteiger partial charge in [-0.1, -0.05) is 30.3 Å². The summed E-state index contributed by atoms with van der Waals surface area (Å²) in [5, 5.41) is 0. The van der Waals surface area contributed by atoms with E-state index in [1.54, 1.807) is 16.2 Å². The topological polar surface area (TPSA) is 46.3 Å². The molecule has 3 nitrogen and oxygen atoms in total. The van der Waals surface area contributed by atoms with Crippen LogP contribution in [-0.2, 0) is 6.54 Å². The van der Waals surface area contributed by atoms with E-state index < -0.39 is 6.17 Å². The molecule has 1 aliphatic heterocycles. The van der Waals surface area contributed by atoms with Crippen molar-refractivity contribution in [2.75, 3.05) is 13.1 Å². The van der Waals surface area contributed by atoms with E-state index in [1.165, 1.54) is 32.0 Å². The van der Waals surface area contributed by atoms with E-state index in [0.29, 0.717) is 12.1 Å². The van der Waals surface area contributed by atoms with Crippen LogP contribution in [0.15, 0.2) is 42.5 Å². The molecule has 5 heteroatoms. The summed E-state index contributed by atoms with van der Waals surface area (Å²) in [7, 11) is 0. The molecule has 150 valence electrons. The minimum Gasteiger partial charge on any atom is -0.333 e. The first kappa shape index (κ1) is 19.8. The zero-order valence-electron chi connectivity index (χ0n) is 17.0. The Labute approximate surface area is 175 Å². The molecule has 0 spiro atoms. The predicted octanol–water partition coefficient (Wildman–Crippen LogP) is 5.26. The number of carbonyl (C=O) groups is 1. The third kappa shape index (κ3) is 3.61. The second-order valence-electron chi connectivity index (χ2n) is 7.72. The Bertz CT molecular complexity index is 1070. The van der Waals surface area contributed by atoms with Crippen molar-refractivity contribution < 1.29 is 9.18 Å². The fraction of sp³-hybridized carbons (Fsp3) is 0.292. The molecule has 2 aromatic carbocycles. The van der Waals surface area contributed by atoms with Crippen LogP contribution < -0.4 is 5.73 Å². The highest BCUT2D eigenvalue weighted by Crippen LogP contribution is 2.38. The SMILES string of the molecule is Cc1cc(-c2ccc(C(=O)N3CC(F)C3)cc2)ccc1-c1sc(CN)c(C)c1C. The van der Waals surface area contributed by atoms with Crippen molar-refractivity contribution in [3.05, 3.63) is 69.6 Å². The van der Waals surface area contributed by atoms with Gasteiger partial charge in [-0.3, -0.25) is 4.79 Å². The lowest BCUT2D eigenvalue weighted by Crippen LogP contribution is -2.51. The Morgan fingerprint density at radius 1 is 1.07 bits per heavy atom. The molecule has 4 rings (SSSR count). The summed E-state index contributed by atoms with van der Waals surface area (Å²) in [6, 6.07) is 14.1. The molecule has 2 heterocycles. The molecule has 1 aliphatic rings. The van der Waals surface area contributed by atoms with Crippen molar-refractivity contribution >= 4 is 17.2 Å². The van der Waals surface area contributed by atoms with E-state index in [-0.39, 0.29) is 19.0 Å². The van der Waals surface area contributed by atoms with Crippen LogP contribution in [0.2, 0.25) is 0 Å². The summed E-state index contributed by atoms with van der Waals surface area (Å²) < 4.78 is 13.0. The standard InChI is InChI=1S/C24H25FN2OS/c1-14-10-19(8-9-21(14)23-16(3)15(2)22(11-26)29-23)17-4-6-18(7-5-17)24(28)27-12-20(25)13-27/h4-10,20H,11-13,26H2,1-3H3. The van der Waals surface area contributed by atoms with Crippen LogP contribution in [-0.4, -0.2) is 30.1 Å². The van der Waals surface area contributed by atoms with Crippen LogP contribution >= 0.6 is 11.3 Å². The first-order chi connectivity index (χ1) is 13.9. The lowest BCUT2D eigenvalue weighted by atomic mass is 9.96. The van der Waals surface area contributed by atoms with Crippen molar-refractivity contribution in [2.45, 2.75) is 33.5 Å². The molecule has 3 aromatic rings. The average Bonchev–Trinajstić information content (AvgIpc) is 2.99. The Hall–Kier alpha value is -2.50. The van der Waals surface area contributed by atoms with Crippen LogP contribution in [0.3, 0.4) is 0 Å².